The fourth-order valence-electron chi connectivity index (χ4n) is 2.57. The number of hydrogen-bond acceptors (Lipinski definition) is 3. The summed E-state index contributed by atoms with van der Waals surface area (Å²) in [6, 6.07) is 6.46. The fraction of sp³-hybridized carbons (Fsp3) is 0.647. The third kappa shape index (κ3) is 5.17. The maximum absolute atomic E-state index is 6.52. The molecule has 3 nitrogen and oxygen atoms in total. The lowest BCUT2D eigenvalue weighted by atomic mass is 10.1. The predicted molar refractivity (Wildman–Crippen MR) is 92.4 cm³/mol. The van der Waals surface area contributed by atoms with Gasteiger partial charge in [-0.15, -0.1) is 0 Å². The van der Waals surface area contributed by atoms with E-state index in [0.29, 0.717) is 0 Å². The van der Waals surface area contributed by atoms with Gasteiger partial charge in [0.15, 0.2) is 0 Å². The van der Waals surface area contributed by atoms with Crippen molar-refractivity contribution >= 4 is 17.3 Å². The quantitative estimate of drug-likeness (QED) is 0.923. The van der Waals surface area contributed by atoms with Crippen molar-refractivity contribution in [3.05, 3.63) is 28.8 Å². The third-order valence-electron chi connectivity index (χ3n) is 3.90. The number of hydrogen-bond donors (Lipinski definition) is 1. The van der Waals surface area contributed by atoms with Crippen LogP contribution in [-0.2, 0) is 6.54 Å². The number of likely N-dealkylation sites (N-methyl/N-ethyl adjacent to an activating group) is 1. The number of rotatable bonds is 3. The Kier molecular flexibility index (Phi) is 5.53. The molecule has 118 valence electrons. The Morgan fingerprint density at radius 1 is 1.14 bits per heavy atom. The summed E-state index contributed by atoms with van der Waals surface area (Å²) in [5, 5.41) is 4.37. The van der Waals surface area contributed by atoms with Gasteiger partial charge in [-0.2, -0.15) is 0 Å². The summed E-state index contributed by atoms with van der Waals surface area (Å²) >= 11 is 6.52. The Bertz CT molecular complexity index is 468. The molecule has 0 spiro atoms. The van der Waals surface area contributed by atoms with E-state index in [2.05, 4.69) is 61.1 Å². The predicted octanol–water partition coefficient (Wildman–Crippen LogP) is 3.37. The molecule has 4 heteroatoms. The lowest BCUT2D eigenvalue weighted by Crippen LogP contribution is -2.35. The largest absolute Gasteiger partial charge is 0.369 e. The fourth-order valence-corrected chi connectivity index (χ4v) is 2.89. The Labute approximate surface area is 134 Å². The van der Waals surface area contributed by atoms with Crippen LogP contribution in [0.15, 0.2) is 18.2 Å². The molecule has 1 heterocycles. The molecule has 0 aromatic heterocycles. The van der Waals surface area contributed by atoms with Gasteiger partial charge in [0.05, 0.1) is 10.7 Å². The minimum absolute atomic E-state index is 0.126. The van der Waals surface area contributed by atoms with E-state index < -0.39 is 0 Å². The highest BCUT2D eigenvalue weighted by Crippen LogP contribution is 2.28. The lowest BCUT2D eigenvalue weighted by Gasteiger charge is -2.25. The van der Waals surface area contributed by atoms with Gasteiger partial charge in [0.25, 0.3) is 0 Å². The number of nitrogens with zero attached hydrogens (tertiary/aromatic N) is 2. The molecular weight excluding hydrogens is 282 g/mol. The van der Waals surface area contributed by atoms with Crippen LogP contribution in [0, 0.1) is 0 Å². The molecule has 21 heavy (non-hydrogen) atoms. The molecule has 0 amide bonds. The Balaban J connectivity index is 2.04. The molecule has 0 radical (unpaired) electrons. The average molecular weight is 310 g/mol. The summed E-state index contributed by atoms with van der Waals surface area (Å²) < 4.78 is 0. The van der Waals surface area contributed by atoms with Crippen molar-refractivity contribution < 1.29 is 0 Å². The second kappa shape index (κ2) is 6.99. The van der Waals surface area contributed by atoms with Gasteiger partial charge in [0, 0.05) is 31.7 Å². The molecule has 1 aromatic carbocycles. The molecule has 2 rings (SSSR count). The highest BCUT2D eigenvalue weighted by atomic mass is 35.5. The highest BCUT2D eigenvalue weighted by molar-refractivity contribution is 6.33. The summed E-state index contributed by atoms with van der Waals surface area (Å²) in [6.07, 6.45) is 1.19. The molecule has 1 aliphatic rings. The number of nitrogens with one attached hydrogen (secondary N) is 1. The first-order chi connectivity index (χ1) is 9.85. The first-order valence-electron chi connectivity index (χ1n) is 7.82. The maximum atomic E-state index is 6.52. The van der Waals surface area contributed by atoms with Crippen molar-refractivity contribution in [1.29, 1.82) is 0 Å². The van der Waals surface area contributed by atoms with Crippen molar-refractivity contribution in [2.24, 2.45) is 0 Å². The minimum Gasteiger partial charge on any atom is -0.369 e. The van der Waals surface area contributed by atoms with E-state index in [4.69, 9.17) is 11.6 Å². The van der Waals surface area contributed by atoms with Crippen LogP contribution in [-0.4, -0.2) is 43.7 Å². The third-order valence-corrected chi connectivity index (χ3v) is 4.20. The van der Waals surface area contributed by atoms with Crippen molar-refractivity contribution in [1.82, 2.24) is 10.2 Å². The van der Waals surface area contributed by atoms with Crippen LogP contribution < -0.4 is 10.2 Å². The smallest absolute Gasteiger partial charge is 0.0642 e. The van der Waals surface area contributed by atoms with E-state index >= 15 is 0 Å². The highest BCUT2D eigenvalue weighted by Gasteiger charge is 2.15. The van der Waals surface area contributed by atoms with Gasteiger partial charge in [-0.3, -0.25) is 0 Å². The zero-order valence-corrected chi connectivity index (χ0v) is 14.5. The van der Waals surface area contributed by atoms with Crippen molar-refractivity contribution in [3.8, 4) is 0 Å². The SMILES string of the molecule is CN1CCCN(c2ccc(CNC(C)(C)C)cc2Cl)CC1. The number of anilines is 1. The average Bonchev–Trinajstić information content (AvgIpc) is 2.61. The Hall–Kier alpha value is -0.770. The molecule has 0 aliphatic carbocycles. The van der Waals surface area contributed by atoms with Gasteiger partial charge >= 0.3 is 0 Å². The van der Waals surface area contributed by atoms with E-state index in [1.165, 1.54) is 24.2 Å². The second-order valence-electron chi connectivity index (χ2n) is 7.03. The van der Waals surface area contributed by atoms with E-state index in [0.717, 1.165) is 31.2 Å². The Morgan fingerprint density at radius 3 is 2.57 bits per heavy atom. The molecule has 1 aliphatic heterocycles. The Morgan fingerprint density at radius 2 is 1.90 bits per heavy atom. The zero-order chi connectivity index (χ0) is 15.5. The van der Waals surface area contributed by atoms with Crippen LogP contribution in [0.1, 0.15) is 32.8 Å². The van der Waals surface area contributed by atoms with E-state index in [1.54, 1.807) is 0 Å². The van der Waals surface area contributed by atoms with Crippen LogP contribution in [0.25, 0.3) is 0 Å². The maximum Gasteiger partial charge on any atom is 0.0642 e. The van der Waals surface area contributed by atoms with Gasteiger partial charge < -0.3 is 15.1 Å². The van der Waals surface area contributed by atoms with Gasteiger partial charge in [-0.25, -0.2) is 0 Å². The summed E-state index contributed by atoms with van der Waals surface area (Å²) in [5.41, 5.74) is 2.54. The molecule has 1 N–H and O–H groups in total. The summed E-state index contributed by atoms with van der Waals surface area (Å²) in [4.78, 5) is 4.79. The molecule has 0 unspecified atom stereocenters. The number of halogens is 1. The van der Waals surface area contributed by atoms with Crippen molar-refractivity contribution in [2.75, 3.05) is 38.1 Å². The van der Waals surface area contributed by atoms with Crippen LogP contribution >= 0.6 is 11.6 Å². The van der Waals surface area contributed by atoms with Crippen LogP contribution in [0.2, 0.25) is 5.02 Å². The first kappa shape index (κ1) is 16.6. The van der Waals surface area contributed by atoms with Gasteiger partial charge in [-0.05, 0) is 58.5 Å². The molecular formula is C17H28ClN3. The topological polar surface area (TPSA) is 18.5 Å². The van der Waals surface area contributed by atoms with Crippen LogP contribution in [0.3, 0.4) is 0 Å². The molecule has 1 aromatic rings. The van der Waals surface area contributed by atoms with E-state index in [9.17, 15) is 0 Å². The van der Waals surface area contributed by atoms with E-state index in [1.807, 2.05) is 0 Å². The lowest BCUT2D eigenvalue weighted by molar-refractivity contribution is 0.360. The van der Waals surface area contributed by atoms with Gasteiger partial charge in [0.1, 0.15) is 0 Å². The van der Waals surface area contributed by atoms with Crippen molar-refractivity contribution in [2.45, 2.75) is 39.3 Å². The molecule has 0 bridgehead atoms. The number of benzene rings is 1. The molecule has 1 saturated heterocycles. The zero-order valence-electron chi connectivity index (χ0n) is 13.7. The van der Waals surface area contributed by atoms with Gasteiger partial charge in [-0.1, -0.05) is 17.7 Å². The summed E-state index contributed by atoms with van der Waals surface area (Å²) in [6.45, 7) is 11.8. The molecule has 0 saturated carbocycles. The minimum atomic E-state index is 0.126. The standard InChI is InChI=1S/C17H28ClN3/c1-17(2,3)19-13-14-6-7-16(15(18)12-14)21-9-5-8-20(4)10-11-21/h6-7,12,19H,5,8-11,13H2,1-4H3. The summed E-state index contributed by atoms with van der Waals surface area (Å²) in [7, 11) is 2.19. The van der Waals surface area contributed by atoms with Crippen molar-refractivity contribution in [3.63, 3.8) is 0 Å². The normalized spacial score (nSPS) is 17.9. The molecule has 0 atom stereocenters. The first-order valence-corrected chi connectivity index (χ1v) is 8.20. The van der Waals surface area contributed by atoms with E-state index in [-0.39, 0.29) is 5.54 Å². The van der Waals surface area contributed by atoms with Crippen LogP contribution in [0.5, 0.6) is 0 Å². The summed E-state index contributed by atoms with van der Waals surface area (Å²) in [5.74, 6) is 0. The van der Waals surface area contributed by atoms with Crippen LogP contribution in [0.4, 0.5) is 5.69 Å². The second-order valence-corrected chi connectivity index (χ2v) is 7.44. The van der Waals surface area contributed by atoms with Gasteiger partial charge in [0.2, 0.25) is 0 Å². The molecule has 1 fully saturated rings. The monoisotopic (exact) mass is 309 g/mol.